The van der Waals surface area contributed by atoms with Crippen LogP contribution in [-0.4, -0.2) is 28.9 Å². The predicted octanol–water partition coefficient (Wildman–Crippen LogP) is 2.78. The van der Waals surface area contributed by atoms with Gasteiger partial charge in [0.25, 0.3) is 0 Å². The number of para-hydroxylation sites is 2. The summed E-state index contributed by atoms with van der Waals surface area (Å²) in [7, 11) is 0. The van der Waals surface area contributed by atoms with E-state index < -0.39 is 0 Å². The summed E-state index contributed by atoms with van der Waals surface area (Å²) in [5.74, 6) is 1.68. The summed E-state index contributed by atoms with van der Waals surface area (Å²) in [6.45, 7) is 1.76. The zero-order valence-electron chi connectivity index (χ0n) is 9.28. The van der Waals surface area contributed by atoms with E-state index in [2.05, 4.69) is 15.3 Å². The molecule has 1 heterocycles. The second-order valence-electron chi connectivity index (χ2n) is 3.39. The van der Waals surface area contributed by atoms with E-state index in [1.54, 1.807) is 0 Å². The van der Waals surface area contributed by atoms with Gasteiger partial charge in [0.2, 0.25) is 0 Å². The van der Waals surface area contributed by atoms with Gasteiger partial charge in [-0.2, -0.15) is 0 Å². The standard InChI is InChI=1S/C11H14ClN3.2ClH/c12-6-8-13-7-5-11-14-9-3-1-2-4-10(9)15-11;;/h1-4,13H,5-8H2,(H,14,15);2*1H. The van der Waals surface area contributed by atoms with Crippen molar-refractivity contribution >= 4 is 47.4 Å². The number of aromatic amines is 1. The minimum atomic E-state index is 0. The Hall–Kier alpha value is -0.480. The highest BCUT2D eigenvalue weighted by Crippen LogP contribution is 2.09. The first-order valence-corrected chi connectivity index (χ1v) is 5.64. The minimum Gasteiger partial charge on any atom is -0.342 e. The second-order valence-corrected chi connectivity index (χ2v) is 3.77. The number of H-pyrrole nitrogens is 1. The van der Waals surface area contributed by atoms with Crippen LogP contribution in [0.3, 0.4) is 0 Å². The Kier molecular flexibility index (Phi) is 8.35. The van der Waals surface area contributed by atoms with Crippen LogP contribution >= 0.6 is 36.4 Å². The third kappa shape index (κ3) is 4.72. The van der Waals surface area contributed by atoms with E-state index in [1.165, 1.54) is 0 Å². The first-order valence-electron chi connectivity index (χ1n) is 5.10. The molecule has 0 aliphatic carbocycles. The zero-order chi connectivity index (χ0) is 10.5. The van der Waals surface area contributed by atoms with Crippen molar-refractivity contribution in [2.75, 3.05) is 19.0 Å². The van der Waals surface area contributed by atoms with Gasteiger partial charge in [-0.15, -0.1) is 36.4 Å². The van der Waals surface area contributed by atoms with Gasteiger partial charge in [0.1, 0.15) is 5.82 Å². The average molecular weight is 297 g/mol. The monoisotopic (exact) mass is 295 g/mol. The highest BCUT2D eigenvalue weighted by molar-refractivity contribution is 6.18. The van der Waals surface area contributed by atoms with Crippen molar-refractivity contribution in [3.05, 3.63) is 30.1 Å². The lowest BCUT2D eigenvalue weighted by Crippen LogP contribution is -2.19. The lowest BCUT2D eigenvalue weighted by Gasteiger charge is -1.98. The average Bonchev–Trinajstić information content (AvgIpc) is 2.67. The first-order chi connectivity index (χ1) is 7.40. The van der Waals surface area contributed by atoms with Gasteiger partial charge in [0.05, 0.1) is 11.0 Å². The van der Waals surface area contributed by atoms with Gasteiger partial charge in [-0.1, -0.05) is 12.1 Å². The molecule has 3 nitrogen and oxygen atoms in total. The van der Waals surface area contributed by atoms with Crippen LogP contribution < -0.4 is 5.32 Å². The number of alkyl halides is 1. The molecule has 0 spiro atoms. The molecule has 1 aromatic heterocycles. The van der Waals surface area contributed by atoms with Crippen LogP contribution in [-0.2, 0) is 6.42 Å². The third-order valence-corrected chi connectivity index (χ3v) is 2.44. The molecule has 0 aliphatic heterocycles. The lowest BCUT2D eigenvalue weighted by atomic mass is 10.3. The number of nitrogens with zero attached hydrogens (tertiary/aromatic N) is 1. The van der Waals surface area contributed by atoms with Gasteiger partial charge >= 0.3 is 0 Å². The van der Waals surface area contributed by atoms with E-state index in [-0.39, 0.29) is 24.8 Å². The molecule has 2 rings (SSSR count). The Morgan fingerprint density at radius 2 is 1.94 bits per heavy atom. The molecule has 2 aromatic rings. The Balaban J connectivity index is 0.00000128. The van der Waals surface area contributed by atoms with Crippen LogP contribution in [0.25, 0.3) is 11.0 Å². The molecule has 2 N–H and O–H groups in total. The predicted molar refractivity (Wildman–Crippen MR) is 77.9 cm³/mol. The number of halogens is 3. The molecule has 0 fully saturated rings. The number of aromatic nitrogens is 2. The Morgan fingerprint density at radius 1 is 1.18 bits per heavy atom. The van der Waals surface area contributed by atoms with Crippen LogP contribution in [0, 0.1) is 0 Å². The number of fused-ring (bicyclic) bond motifs is 1. The summed E-state index contributed by atoms with van der Waals surface area (Å²) in [6, 6.07) is 8.06. The van der Waals surface area contributed by atoms with Crippen LogP contribution in [0.15, 0.2) is 24.3 Å². The van der Waals surface area contributed by atoms with Crippen LogP contribution in [0.5, 0.6) is 0 Å². The van der Waals surface area contributed by atoms with E-state index in [9.17, 15) is 0 Å². The Bertz CT molecular complexity index is 398. The molecule has 0 atom stereocenters. The molecule has 0 saturated carbocycles. The zero-order valence-corrected chi connectivity index (χ0v) is 11.7. The molecule has 0 saturated heterocycles. The molecule has 0 amide bonds. The van der Waals surface area contributed by atoms with Gasteiger partial charge in [0, 0.05) is 25.4 Å². The van der Waals surface area contributed by atoms with Gasteiger partial charge in [-0.25, -0.2) is 4.98 Å². The minimum absolute atomic E-state index is 0. The van der Waals surface area contributed by atoms with Gasteiger partial charge in [-0.3, -0.25) is 0 Å². The van der Waals surface area contributed by atoms with Crippen molar-refractivity contribution in [1.82, 2.24) is 15.3 Å². The maximum Gasteiger partial charge on any atom is 0.108 e. The van der Waals surface area contributed by atoms with Gasteiger partial charge in [-0.05, 0) is 12.1 Å². The number of nitrogens with one attached hydrogen (secondary N) is 2. The van der Waals surface area contributed by atoms with Crippen molar-refractivity contribution in [3.8, 4) is 0 Å². The Morgan fingerprint density at radius 3 is 2.65 bits per heavy atom. The summed E-state index contributed by atoms with van der Waals surface area (Å²) < 4.78 is 0. The van der Waals surface area contributed by atoms with Crippen molar-refractivity contribution in [2.45, 2.75) is 6.42 Å². The number of hydrogen-bond donors (Lipinski definition) is 2. The van der Waals surface area contributed by atoms with Crippen molar-refractivity contribution in [1.29, 1.82) is 0 Å². The maximum absolute atomic E-state index is 5.56. The first kappa shape index (κ1) is 16.5. The van der Waals surface area contributed by atoms with Crippen molar-refractivity contribution in [3.63, 3.8) is 0 Å². The second kappa shape index (κ2) is 8.59. The fourth-order valence-electron chi connectivity index (χ4n) is 1.52. The summed E-state index contributed by atoms with van der Waals surface area (Å²) >= 11 is 5.56. The summed E-state index contributed by atoms with van der Waals surface area (Å²) in [4.78, 5) is 7.77. The van der Waals surface area contributed by atoms with Crippen molar-refractivity contribution < 1.29 is 0 Å². The topological polar surface area (TPSA) is 40.7 Å². The molecular formula is C11H16Cl3N3. The van der Waals surface area contributed by atoms with E-state index in [0.29, 0.717) is 5.88 Å². The SMILES string of the molecule is Cl.Cl.ClCCNCCc1nc2ccccc2[nH]1. The Labute approximate surface area is 118 Å². The number of benzene rings is 1. The van der Waals surface area contributed by atoms with E-state index in [0.717, 1.165) is 36.4 Å². The van der Waals surface area contributed by atoms with E-state index >= 15 is 0 Å². The lowest BCUT2D eigenvalue weighted by molar-refractivity contribution is 0.704. The molecule has 0 aliphatic rings. The third-order valence-electron chi connectivity index (χ3n) is 2.25. The summed E-state index contributed by atoms with van der Waals surface area (Å²) in [5.41, 5.74) is 2.13. The summed E-state index contributed by atoms with van der Waals surface area (Å²) in [6.07, 6.45) is 0.908. The molecule has 17 heavy (non-hydrogen) atoms. The summed E-state index contributed by atoms with van der Waals surface area (Å²) in [5, 5.41) is 3.24. The van der Waals surface area contributed by atoms with Crippen LogP contribution in [0.4, 0.5) is 0 Å². The number of hydrogen-bond acceptors (Lipinski definition) is 2. The van der Waals surface area contributed by atoms with E-state index in [4.69, 9.17) is 11.6 Å². The van der Waals surface area contributed by atoms with Crippen LogP contribution in [0.2, 0.25) is 0 Å². The fraction of sp³-hybridized carbons (Fsp3) is 0.364. The maximum atomic E-state index is 5.56. The van der Waals surface area contributed by atoms with Gasteiger partial charge in [0.15, 0.2) is 0 Å². The normalized spacial score (nSPS) is 9.71. The van der Waals surface area contributed by atoms with Crippen LogP contribution in [0.1, 0.15) is 5.82 Å². The smallest absolute Gasteiger partial charge is 0.108 e. The highest BCUT2D eigenvalue weighted by atomic mass is 35.5. The van der Waals surface area contributed by atoms with E-state index in [1.807, 2.05) is 24.3 Å². The quantitative estimate of drug-likeness (QED) is 0.658. The van der Waals surface area contributed by atoms with Crippen molar-refractivity contribution in [2.24, 2.45) is 0 Å². The largest absolute Gasteiger partial charge is 0.342 e. The molecule has 96 valence electrons. The number of imidazole rings is 1. The number of rotatable bonds is 5. The highest BCUT2D eigenvalue weighted by Gasteiger charge is 2.00. The molecule has 0 unspecified atom stereocenters. The molecular weight excluding hydrogens is 281 g/mol. The van der Waals surface area contributed by atoms with Gasteiger partial charge < -0.3 is 10.3 Å². The molecule has 1 aromatic carbocycles. The molecule has 0 radical (unpaired) electrons. The fourth-order valence-corrected chi connectivity index (χ4v) is 1.66. The molecule has 0 bridgehead atoms. The molecule has 6 heteroatoms.